The van der Waals surface area contributed by atoms with Crippen molar-refractivity contribution in [2.75, 3.05) is 26.2 Å². The van der Waals surface area contributed by atoms with Crippen LogP contribution in [0.1, 0.15) is 26.2 Å². The quantitative estimate of drug-likeness (QED) is 0.560. The summed E-state index contributed by atoms with van der Waals surface area (Å²) >= 11 is 0. The first kappa shape index (κ1) is 14.4. The first-order valence-electron chi connectivity index (χ1n) is 6.02. The highest BCUT2D eigenvalue weighted by Gasteiger charge is 2.27. The topological polar surface area (TPSA) is 87.3 Å². The monoisotopic (exact) mass is 263 g/mol. The van der Waals surface area contributed by atoms with E-state index in [1.807, 2.05) is 6.92 Å². The molecule has 0 saturated carbocycles. The lowest BCUT2D eigenvalue weighted by Gasteiger charge is -2.11. The number of hydrogen-bond acceptors (Lipinski definition) is 4. The molecule has 1 atom stereocenters. The van der Waals surface area contributed by atoms with Gasteiger partial charge in [0, 0.05) is 26.1 Å². The number of sulfonamides is 1. The van der Waals surface area contributed by atoms with E-state index in [9.17, 15) is 13.2 Å². The zero-order valence-electron chi connectivity index (χ0n) is 10.2. The Kier molecular flexibility index (Phi) is 5.87. The van der Waals surface area contributed by atoms with Gasteiger partial charge < -0.3 is 10.6 Å². The molecule has 1 heterocycles. The number of carbonyl (C=O) groups excluding carboxylic acids is 1. The Morgan fingerprint density at radius 2 is 2.18 bits per heavy atom. The second-order valence-electron chi connectivity index (χ2n) is 4.15. The number of rotatable bonds is 7. The van der Waals surface area contributed by atoms with Gasteiger partial charge in [-0.25, -0.2) is 13.1 Å². The van der Waals surface area contributed by atoms with Crippen LogP contribution >= 0.6 is 0 Å². The van der Waals surface area contributed by atoms with Gasteiger partial charge in [-0.05, 0) is 19.4 Å². The van der Waals surface area contributed by atoms with Crippen LogP contribution < -0.4 is 15.4 Å². The molecule has 6 nitrogen and oxygen atoms in total. The lowest BCUT2D eigenvalue weighted by Crippen LogP contribution is -2.37. The number of amides is 1. The lowest BCUT2D eigenvalue weighted by molar-refractivity contribution is -0.120. The van der Waals surface area contributed by atoms with Gasteiger partial charge in [-0.2, -0.15) is 0 Å². The fourth-order valence-corrected chi connectivity index (χ4v) is 3.06. The van der Waals surface area contributed by atoms with Crippen molar-refractivity contribution in [3.8, 4) is 0 Å². The van der Waals surface area contributed by atoms with Crippen LogP contribution in [0.3, 0.4) is 0 Å². The standard InChI is InChI=1S/C10H21N3O3S/c1-2-5-12-10(14)4-7-13-17(15,16)9-3-6-11-8-9/h9,11,13H,2-8H2,1H3,(H,12,14). The summed E-state index contributed by atoms with van der Waals surface area (Å²) in [4.78, 5) is 11.3. The molecule has 0 aromatic carbocycles. The first-order valence-corrected chi connectivity index (χ1v) is 7.56. The summed E-state index contributed by atoms with van der Waals surface area (Å²) in [5.41, 5.74) is 0. The van der Waals surface area contributed by atoms with Gasteiger partial charge in [0.05, 0.1) is 5.25 Å². The Hall–Kier alpha value is -0.660. The van der Waals surface area contributed by atoms with Crippen molar-refractivity contribution in [2.24, 2.45) is 0 Å². The summed E-state index contributed by atoms with van der Waals surface area (Å²) in [5, 5.41) is 5.35. The lowest BCUT2D eigenvalue weighted by atomic mass is 10.4. The predicted molar refractivity (Wildman–Crippen MR) is 66.1 cm³/mol. The molecule has 0 aromatic heterocycles. The number of carbonyl (C=O) groups is 1. The molecule has 1 saturated heterocycles. The minimum atomic E-state index is -3.27. The predicted octanol–water partition coefficient (Wildman–Crippen LogP) is -0.816. The highest BCUT2D eigenvalue weighted by molar-refractivity contribution is 7.90. The van der Waals surface area contributed by atoms with E-state index in [4.69, 9.17) is 0 Å². The smallest absolute Gasteiger partial charge is 0.221 e. The molecule has 1 aliphatic heterocycles. The Balaban J connectivity index is 2.23. The van der Waals surface area contributed by atoms with E-state index in [2.05, 4.69) is 15.4 Å². The van der Waals surface area contributed by atoms with Crippen molar-refractivity contribution >= 4 is 15.9 Å². The largest absolute Gasteiger partial charge is 0.356 e. The highest BCUT2D eigenvalue weighted by atomic mass is 32.2. The van der Waals surface area contributed by atoms with Crippen LogP contribution in [0.4, 0.5) is 0 Å². The maximum absolute atomic E-state index is 11.7. The van der Waals surface area contributed by atoms with Crippen LogP contribution in [0, 0.1) is 0 Å². The summed E-state index contributed by atoms with van der Waals surface area (Å²) in [6, 6.07) is 0. The Morgan fingerprint density at radius 1 is 1.41 bits per heavy atom. The van der Waals surface area contributed by atoms with Gasteiger partial charge in [0.2, 0.25) is 15.9 Å². The van der Waals surface area contributed by atoms with Crippen molar-refractivity contribution in [3.05, 3.63) is 0 Å². The van der Waals surface area contributed by atoms with Gasteiger partial charge in [0.25, 0.3) is 0 Å². The van der Waals surface area contributed by atoms with Crippen LogP contribution in [0.15, 0.2) is 0 Å². The molecule has 1 aliphatic rings. The van der Waals surface area contributed by atoms with E-state index in [1.165, 1.54) is 0 Å². The third-order valence-corrected chi connectivity index (χ3v) is 4.57. The molecular weight excluding hydrogens is 242 g/mol. The minimum absolute atomic E-state index is 0.112. The number of hydrogen-bond donors (Lipinski definition) is 3. The molecular formula is C10H21N3O3S. The van der Waals surface area contributed by atoms with Gasteiger partial charge in [-0.15, -0.1) is 0 Å². The SMILES string of the molecule is CCCNC(=O)CCNS(=O)(=O)C1CCNC1. The van der Waals surface area contributed by atoms with E-state index in [-0.39, 0.29) is 24.1 Å². The van der Waals surface area contributed by atoms with E-state index >= 15 is 0 Å². The maximum atomic E-state index is 11.7. The third kappa shape index (κ3) is 5.01. The summed E-state index contributed by atoms with van der Waals surface area (Å²) < 4.78 is 26.0. The van der Waals surface area contributed by atoms with Crippen LogP contribution in [0.5, 0.6) is 0 Å². The van der Waals surface area contributed by atoms with Gasteiger partial charge in [-0.3, -0.25) is 4.79 Å². The molecule has 1 amide bonds. The van der Waals surface area contributed by atoms with Gasteiger partial charge in [0.1, 0.15) is 0 Å². The molecule has 100 valence electrons. The minimum Gasteiger partial charge on any atom is -0.356 e. The molecule has 0 bridgehead atoms. The molecule has 3 N–H and O–H groups in total. The molecule has 7 heteroatoms. The maximum Gasteiger partial charge on any atom is 0.221 e. The van der Waals surface area contributed by atoms with Crippen molar-refractivity contribution in [3.63, 3.8) is 0 Å². The molecule has 17 heavy (non-hydrogen) atoms. The summed E-state index contributed by atoms with van der Waals surface area (Å²) in [6.45, 7) is 4.02. The van der Waals surface area contributed by atoms with E-state index in [0.717, 1.165) is 13.0 Å². The molecule has 0 radical (unpaired) electrons. The molecule has 0 aliphatic carbocycles. The Bertz CT molecular complexity index is 337. The van der Waals surface area contributed by atoms with Crippen LogP contribution in [0.2, 0.25) is 0 Å². The van der Waals surface area contributed by atoms with Crippen molar-refractivity contribution in [1.82, 2.24) is 15.4 Å². The number of nitrogens with one attached hydrogen (secondary N) is 3. The van der Waals surface area contributed by atoms with Crippen LogP contribution in [-0.4, -0.2) is 45.8 Å². The molecule has 0 spiro atoms. The van der Waals surface area contributed by atoms with Gasteiger partial charge in [-0.1, -0.05) is 6.92 Å². The fourth-order valence-electron chi connectivity index (χ4n) is 1.67. The molecule has 1 rings (SSSR count). The Morgan fingerprint density at radius 3 is 2.76 bits per heavy atom. The summed E-state index contributed by atoms with van der Waals surface area (Å²) in [5.74, 6) is -0.112. The second-order valence-corrected chi connectivity index (χ2v) is 6.20. The molecule has 1 fully saturated rings. The van der Waals surface area contributed by atoms with Crippen LogP contribution in [0.25, 0.3) is 0 Å². The van der Waals surface area contributed by atoms with Crippen molar-refractivity contribution in [2.45, 2.75) is 31.4 Å². The highest BCUT2D eigenvalue weighted by Crippen LogP contribution is 2.07. The zero-order valence-corrected chi connectivity index (χ0v) is 11.0. The summed E-state index contributed by atoms with van der Waals surface area (Å²) in [6.07, 6.45) is 1.71. The zero-order chi connectivity index (χ0) is 12.7. The van der Waals surface area contributed by atoms with E-state index in [1.54, 1.807) is 0 Å². The first-order chi connectivity index (χ1) is 8.06. The van der Waals surface area contributed by atoms with Gasteiger partial charge in [0.15, 0.2) is 0 Å². The fraction of sp³-hybridized carbons (Fsp3) is 0.900. The van der Waals surface area contributed by atoms with Crippen LogP contribution in [-0.2, 0) is 14.8 Å². The van der Waals surface area contributed by atoms with E-state index in [0.29, 0.717) is 19.5 Å². The summed E-state index contributed by atoms with van der Waals surface area (Å²) in [7, 11) is -3.27. The van der Waals surface area contributed by atoms with Crippen molar-refractivity contribution in [1.29, 1.82) is 0 Å². The molecule has 1 unspecified atom stereocenters. The second kappa shape index (κ2) is 6.93. The van der Waals surface area contributed by atoms with Gasteiger partial charge >= 0.3 is 0 Å². The average Bonchev–Trinajstić information content (AvgIpc) is 2.80. The average molecular weight is 263 g/mol. The Labute approximate surface area is 103 Å². The van der Waals surface area contributed by atoms with E-state index < -0.39 is 10.0 Å². The third-order valence-electron chi connectivity index (χ3n) is 2.68. The van der Waals surface area contributed by atoms with Crippen molar-refractivity contribution < 1.29 is 13.2 Å². The normalized spacial score (nSPS) is 20.4. The molecule has 0 aromatic rings.